The van der Waals surface area contributed by atoms with Crippen LogP contribution in [0.4, 0.5) is 5.69 Å². The number of hydrogen-bond donors (Lipinski definition) is 1. The first-order valence-corrected chi connectivity index (χ1v) is 6.62. The Labute approximate surface area is 105 Å². The summed E-state index contributed by atoms with van der Waals surface area (Å²) in [6.07, 6.45) is 3.72. The van der Waals surface area contributed by atoms with Gasteiger partial charge in [0.25, 0.3) is 0 Å². The number of carboxylic acids is 1. The predicted molar refractivity (Wildman–Crippen MR) is 68.5 cm³/mol. The third-order valence-electron chi connectivity index (χ3n) is 2.83. The molecule has 1 aromatic rings. The molecule has 0 radical (unpaired) electrons. The van der Waals surface area contributed by atoms with E-state index in [1.54, 1.807) is 24.2 Å². The molecule has 2 heterocycles. The van der Waals surface area contributed by atoms with E-state index in [1.165, 1.54) is 0 Å². The number of pyridine rings is 1. The Kier molecular flexibility index (Phi) is 3.86. The van der Waals surface area contributed by atoms with Gasteiger partial charge in [0.15, 0.2) is 0 Å². The molecule has 0 atom stereocenters. The molecular formula is C11H15N3O2S. The minimum absolute atomic E-state index is 0.0940. The highest BCUT2D eigenvalue weighted by molar-refractivity contribution is 7.96. The summed E-state index contributed by atoms with van der Waals surface area (Å²) in [4.78, 5) is 16.8. The zero-order valence-electron chi connectivity index (χ0n) is 9.67. The lowest BCUT2D eigenvalue weighted by molar-refractivity contribution is 0.0690. The van der Waals surface area contributed by atoms with E-state index in [0.29, 0.717) is 0 Å². The number of carbonyl (C=O) groups is 1. The summed E-state index contributed by atoms with van der Waals surface area (Å²) in [5.74, 6) is -0.983. The van der Waals surface area contributed by atoms with Gasteiger partial charge in [0.2, 0.25) is 0 Å². The molecule has 0 aromatic carbocycles. The second-order valence-electron chi connectivity index (χ2n) is 3.81. The van der Waals surface area contributed by atoms with Crippen molar-refractivity contribution >= 4 is 23.6 Å². The van der Waals surface area contributed by atoms with Crippen LogP contribution in [0, 0.1) is 0 Å². The van der Waals surface area contributed by atoms with Gasteiger partial charge in [-0.25, -0.2) is 14.1 Å². The molecule has 5 nitrogen and oxygen atoms in total. The highest BCUT2D eigenvalue weighted by atomic mass is 32.2. The standard InChI is InChI=1S/C11H15N3O2S/c1-17-14-6-4-13(5-7-14)9-2-3-10(11(15)16)12-8-9/h2-3,8H,4-7H2,1H3,(H,15,16). The molecule has 17 heavy (non-hydrogen) atoms. The van der Waals surface area contributed by atoms with E-state index in [9.17, 15) is 4.79 Å². The molecule has 0 spiro atoms. The first-order valence-electron chi connectivity index (χ1n) is 5.44. The largest absolute Gasteiger partial charge is 0.477 e. The van der Waals surface area contributed by atoms with Crippen molar-refractivity contribution in [2.45, 2.75) is 0 Å². The minimum Gasteiger partial charge on any atom is -0.477 e. The quantitative estimate of drug-likeness (QED) is 0.816. The van der Waals surface area contributed by atoms with Crippen molar-refractivity contribution in [2.24, 2.45) is 0 Å². The molecular weight excluding hydrogens is 238 g/mol. The minimum atomic E-state index is -0.983. The van der Waals surface area contributed by atoms with E-state index in [0.717, 1.165) is 31.9 Å². The smallest absolute Gasteiger partial charge is 0.354 e. The van der Waals surface area contributed by atoms with Crippen LogP contribution in [0.1, 0.15) is 10.5 Å². The number of carboxylic acid groups (broad SMARTS) is 1. The van der Waals surface area contributed by atoms with Crippen molar-refractivity contribution in [3.63, 3.8) is 0 Å². The topological polar surface area (TPSA) is 56.7 Å². The van der Waals surface area contributed by atoms with E-state index < -0.39 is 5.97 Å². The molecule has 2 rings (SSSR count). The zero-order valence-corrected chi connectivity index (χ0v) is 10.5. The summed E-state index contributed by atoms with van der Waals surface area (Å²) in [5, 5.41) is 8.77. The van der Waals surface area contributed by atoms with Crippen LogP contribution in [0.5, 0.6) is 0 Å². The molecule has 1 aromatic heterocycles. The number of piperazine rings is 1. The Morgan fingerprint density at radius 1 is 1.35 bits per heavy atom. The van der Waals surface area contributed by atoms with Crippen molar-refractivity contribution < 1.29 is 9.90 Å². The van der Waals surface area contributed by atoms with Gasteiger partial charge in [0.05, 0.1) is 11.9 Å². The normalized spacial score (nSPS) is 17.1. The van der Waals surface area contributed by atoms with Crippen LogP contribution < -0.4 is 4.90 Å². The van der Waals surface area contributed by atoms with Gasteiger partial charge in [0, 0.05) is 26.2 Å². The summed E-state index contributed by atoms with van der Waals surface area (Å²) < 4.78 is 2.32. The maximum absolute atomic E-state index is 10.7. The number of aromatic carboxylic acids is 1. The average molecular weight is 253 g/mol. The Morgan fingerprint density at radius 2 is 2.06 bits per heavy atom. The maximum Gasteiger partial charge on any atom is 0.354 e. The predicted octanol–water partition coefficient (Wildman–Crippen LogP) is 1.18. The van der Waals surface area contributed by atoms with Gasteiger partial charge in [-0.05, 0) is 18.4 Å². The third-order valence-corrected chi connectivity index (χ3v) is 3.71. The Morgan fingerprint density at radius 3 is 2.53 bits per heavy atom. The fraction of sp³-hybridized carbons (Fsp3) is 0.455. The molecule has 92 valence electrons. The summed E-state index contributed by atoms with van der Waals surface area (Å²) in [7, 11) is 0. The molecule has 1 saturated heterocycles. The lowest BCUT2D eigenvalue weighted by Crippen LogP contribution is -2.43. The van der Waals surface area contributed by atoms with Crippen LogP contribution in [-0.2, 0) is 0 Å². The number of anilines is 1. The molecule has 0 amide bonds. The monoisotopic (exact) mass is 253 g/mol. The molecule has 0 bridgehead atoms. The van der Waals surface area contributed by atoms with Crippen molar-refractivity contribution in [2.75, 3.05) is 37.3 Å². The number of hydrogen-bond acceptors (Lipinski definition) is 5. The molecule has 1 aliphatic heterocycles. The summed E-state index contributed by atoms with van der Waals surface area (Å²) in [6, 6.07) is 3.38. The van der Waals surface area contributed by atoms with Crippen LogP contribution in [0.2, 0.25) is 0 Å². The molecule has 1 fully saturated rings. The molecule has 0 aliphatic carbocycles. The lowest BCUT2D eigenvalue weighted by atomic mass is 10.3. The van der Waals surface area contributed by atoms with Gasteiger partial charge >= 0.3 is 5.97 Å². The SMILES string of the molecule is CSN1CCN(c2ccc(C(=O)O)nc2)CC1. The zero-order chi connectivity index (χ0) is 12.3. The summed E-state index contributed by atoms with van der Waals surface area (Å²) in [6.45, 7) is 3.94. The highest BCUT2D eigenvalue weighted by Gasteiger charge is 2.16. The second-order valence-corrected chi connectivity index (χ2v) is 4.69. The van der Waals surface area contributed by atoms with E-state index in [4.69, 9.17) is 5.11 Å². The van der Waals surface area contributed by atoms with Crippen LogP contribution in [-0.4, -0.2) is 52.8 Å². The summed E-state index contributed by atoms with van der Waals surface area (Å²) in [5.41, 5.74) is 1.09. The van der Waals surface area contributed by atoms with Crippen LogP contribution >= 0.6 is 11.9 Å². The van der Waals surface area contributed by atoms with E-state index in [-0.39, 0.29) is 5.69 Å². The van der Waals surface area contributed by atoms with Gasteiger partial charge in [-0.2, -0.15) is 0 Å². The number of aromatic nitrogens is 1. The lowest BCUT2D eigenvalue weighted by Gasteiger charge is -2.34. The second kappa shape index (κ2) is 5.37. The van der Waals surface area contributed by atoms with Crippen LogP contribution in [0.15, 0.2) is 18.3 Å². The van der Waals surface area contributed by atoms with Crippen molar-refractivity contribution in [1.29, 1.82) is 0 Å². The van der Waals surface area contributed by atoms with Crippen LogP contribution in [0.3, 0.4) is 0 Å². The van der Waals surface area contributed by atoms with E-state index >= 15 is 0 Å². The molecule has 1 N–H and O–H groups in total. The molecule has 0 unspecified atom stereocenters. The number of nitrogens with zero attached hydrogens (tertiary/aromatic N) is 3. The van der Waals surface area contributed by atoms with Crippen molar-refractivity contribution in [3.05, 3.63) is 24.0 Å². The Balaban J connectivity index is 2.01. The van der Waals surface area contributed by atoms with Gasteiger partial charge in [-0.1, -0.05) is 11.9 Å². The Bertz CT molecular complexity index is 388. The van der Waals surface area contributed by atoms with Gasteiger partial charge < -0.3 is 10.0 Å². The maximum atomic E-state index is 10.7. The third kappa shape index (κ3) is 2.89. The first kappa shape index (κ1) is 12.2. The molecule has 6 heteroatoms. The van der Waals surface area contributed by atoms with Crippen molar-refractivity contribution in [3.8, 4) is 0 Å². The highest BCUT2D eigenvalue weighted by Crippen LogP contribution is 2.17. The van der Waals surface area contributed by atoms with E-state index in [2.05, 4.69) is 20.4 Å². The fourth-order valence-electron chi connectivity index (χ4n) is 1.83. The van der Waals surface area contributed by atoms with Crippen molar-refractivity contribution in [1.82, 2.24) is 9.29 Å². The first-order chi connectivity index (χ1) is 8.20. The molecule has 0 saturated carbocycles. The van der Waals surface area contributed by atoms with Gasteiger partial charge in [-0.3, -0.25) is 0 Å². The van der Waals surface area contributed by atoms with Gasteiger partial charge in [-0.15, -0.1) is 0 Å². The Hall–Kier alpha value is -1.27. The van der Waals surface area contributed by atoms with E-state index in [1.807, 2.05) is 6.07 Å². The number of rotatable bonds is 3. The molecule has 1 aliphatic rings. The van der Waals surface area contributed by atoms with Crippen LogP contribution in [0.25, 0.3) is 0 Å². The van der Waals surface area contributed by atoms with Gasteiger partial charge in [0.1, 0.15) is 5.69 Å². The average Bonchev–Trinajstić information content (AvgIpc) is 2.39. The summed E-state index contributed by atoms with van der Waals surface area (Å²) >= 11 is 1.76. The fourth-order valence-corrected chi connectivity index (χ4v) is 2.36.